The second-order valence-corrected chi connectivity index (χ2v) is 8.13. The fourth-order valence-electron chi connectivity index (χ4n) is 2.40. The van der Waals surface area contributed by atoms with E-state index in [-0.39, 0.29) is 16.5 Å². The lowest BCUT2D eigenvalue weighted by atomic mass is 10.2. The van der Waals surface area contributed by atoms with Crippen molar-refractivity contribution in [3.63, 3.8) is 0 Å². The number of hydrogen-bond acceptors (Lipinski definition) is 7. The maximum absolute atomic E-state index is 12.3. The van der Waals surface area contributed by atoms with Gasteiger partial charge in [0.15, 0.2) is 12.4 Å². The molecule has 0 saturated carbocycles. The zero-order valence-electron chi connectivity index (χ0n) is 14.8. The molecule has 0 radical (unpaired) electrons. The Balaban J connectivity index is 1.70. The molecule has 0 bridgehead atoms. The molecule has 2 aromatic carbocycles. The summed E-state index contributed by atoms with van der Waals surface area (Å²) < 4.78 is 6.27. The quantitative estimate of drug-likeness (QED) is 0.273. The number of benzene rings is 2. The zero-order valence-corrected chi connectivity index (χ0v) is 18.0. The number of hydrogen-bond donors (Lipinski definition) is 2. The van der Waals surface area contributed by atoms with Gasteiger partial charge in [0, 0.05) is 22.2 Å². The summed E-state index contributed by atoms with van der Waals surface area (Å²) in [6, 6.07) is 9.02. The maximum Gasteiger partial charge on any atom is 0.341 e. The van der Waals surface area contributed by atoms with Gasteiger partial charge in [-0.3, -0.25) is 14.9 Å². The number of nitrogens with one attached hydrogen (secondary N) is 1. The van der Waals surface area contributed by atoms with Crippen LogP contribution in [0.3, 0.4) is 0 Å². The van der Waals surface area contributed by atoms with E-state index in [0.717, 1.165) is 4.70 Å². The summed E-state index contributed by atoms with van der Waals surface area (Å²) in [7, 11) is 0. The molecule has 2 N–H and O–H groups in total. The number of amides is 1. The first-order chi connectivity index (χ1) is 14.2. The molecular formula is C18H11BrClN3O6S. The van der Waals surface area contributed by atoms with Crippen LogP contribution in [-0.4, -0.2) is 34.7 Å². The Kier molecular flexibility index (Phi) is 6.65. The fourth-order valence-corrected chi connectivity index (χ4v) is 4.32. The van der Waals surface area contributed by atoms with Crippen molar-refractivity contribution in [3.05, 3.63) is 66.4 Å². The Morgan fingerprint density at radius 2 is 2.10 bits per heavy atom. The van der Waals surface area contributed by atoms with E-state index >= 15 is 0 Å². The second-order valence-electron chi connectivity index (χ2n) is 5.79. The molecule has 3 rings (SSSR count). The minimum absolute atomic E-state index is 0.0523. The Hall–Kier alpha value is -3.02. The number of rotatable bonds is 7. The molecule has 30 heavy (non-hydrogen) atoms. The minimum atomic E-state index is -1.14. The van der Waals surface area contributed by atoms with Gasteiger partial charge in [-0.05, 0) is 45.8 Å². The maximum atomic E-state index is 12.3. The number of halogens is 2. The molecule has 1 amide bonds. The number of hydrazone groups is 1. The molecule has 1 aromatic heterocycles. The van der Waals surface area contributed by atoms with Crippen molar-refractivity contribution in [1.29, 1.82) is 0 Å². The molecule has 0 aliphatic carbocycles. The number of fused-ring (bicyclic) bond motifs is 1. The van der Waals surface area contributed by atoms with Gasteiger partial charge in [-0.2, -0.15) is 5.10 Å². The van der Waals surface area contributed by atoms with Crippen LogP contribution in [0, 0.1) is 10.1 Å². The summed E-state index contributed by atoms with van der Waals surface area (Å²) in [5, 5.41) is 24.2. The van der Waals surface area contributed by atoms with E-state index in [2.05, 4.69) is 26.5 Å². The second kappa shape index (κ2) is 9.20. The van der Waals surface area contributed by atoms with Gasteiger partial charge in [0.05, 0.1) is 25.5 Å². The lowest BCUT2D eigenvalue weighted by molar-refractivity contribution is -0.384. The number of carbonyl (C=O) groups is 2. The van der Waals surface area contributed by atoms with Crippen LogP contribution in [0.2, 0.25) is 5.02 Å². The third-order valence-electron chi connectivity index (χ3n) is 3.67. The number of thiophene rings is 1. The molecule has 1 heterocycles. The number of ether oxygens (including phenoxy) is 1. The SMILES string of the molecule is O=C(O)COc1c(Cl)cc(/C=N\NC(=O)c2cc3cc([N+](=O)[O-])ccc3s2)cc1Br. The lowest BCUT2D eigenvalue weighted by Crippen LogP contribution is -2.16. The predicted molar refractivity (Wildman–Crippen MR) is 116 cm³/mol. The van der Waals surface area contributed by atoms with Crippen molar-refractivity contribution in [2.24, 2.45) is 5.10 Å². The van der Waals surface area contributed by atoms with Crippen LogP contribution < -0.4 is 10.2 Å². The number of nitro benzene ring substituents is 1. The molecule has 12 heteroatoms. The van der Waals surface area contributed by atoms with Gasteiger partial charge in [0.25, 0.3) is 11.6 Å². The first-order valence-corrected chi connectivity index (χ1v) is 10.1. The van der Waals surface area contributed by atoms with Crippen molar-refractivity contribution in [2.45, 2.75) is 0 Å². The zero-order chi connectivity index (χ0) is 21.8. The van der Waals surface area contributed by atoms with Crippen LogP contribution in [0.25, 0.3) is 10.1 Å². The van der Waals surface area contributed by atoms with Gasteiger partial charge < -0.3 is 9.84 Å². The summed E-state index contributed by atoms with van der Waals surface area (Å²) in [5.74, 6) is -1.43. The molecule has 0 fully saturated rings. The van der Waals surface area contributed by atoms with Gasteiger partial charge in [0.2, 0.25) is 0 Å². The standard InChI is InChI=1S/C18H11BrClN3O6S/c19-12-3-9(4-13(20)17(12)29-8-16(24)25)7-21-22-18(26)15-6-10-5-11(23(27)28)1-2-14(10)30-15/h1-7H,8H2,(H,22,26)(H,24,25)/b21-7-. The molecule has 0 unspecified atom stereocenters. The minimum Gasteiger partial charge on any atom is -0.479 e. The highest BCUT2D eigenvalue weighted by Crippen LogP contribution is 2.34. The van der Waals surface area contributed by atoms with Gasteiger partial charge >= 0.3 is 5.97 Å². The third kappa shape index (κ3) is 5.12. The smallest absolute Gasteiger partial charge is 0.341 e. The summed E-state index contributed by atoms with van der Waals surface area (Å²) in [5.41, 5.74) is 2.86. The molecule has 0 atom stereocenters. The van der Waals surface area contributed by atoms with Gasteiger partial charge in [-0.15, -0.1) is 11.3 Å². The number of nitrogens with zero attached hydrogens (tertiary/aromatic N) is 2. The van der Waals surface area contributed by atoms with E-state index in [0.29, 0.717) is 20.3 Å². The number of aliphatic carboxylic acids is 1. The van der Waals surface area contributed by atoms with E-state index in [4.69, 9.17) is 21.4 Å². The summed E-state index contributed by atoms with van der Waals surface area (Å²) in [6.45, 7) is -0.542. The number of carboxylic acid groups (broad SMARTS) is 1. The fraction of sp³-hybridized carbons (Fsp3) is 0.0556. The van der Waals surface area contributed by atoms with Crippen molar-refractivity contribution < 1.29 is 24.4 Å². The summed E-state index contributed by atoms with van der Waals surface area (Å²) in [6.07, 6.45) is 1.35. The van der Waals surface area contributed by atoms with E-state index in [9.17, 15) is 19.7 Å². The van der Waals surface area contributed by atoms with E-state index in [1.165, 1.54) is 35.8 Å². The number of carbonyl (C=O) groups excluding carboxylic acids is 1. The molecule has 0 aliphatic heterocycles. The van der Waals surface area contributed by atoms with Crippen LogP contribution in [0.1, 0.15) is 15.2 Å². The van der Waals surface area contributed by atoms with Crippen LogP contribution in [0.15, 0.2) is 46.0 Å². The van der Waals surface area contributed by atoms with E-state index in [1.54, 1.807) is 18.2 Å². The Morgan fingerprint density at radius 1 is 1.33 bits per heavy atom. The van der Waals surface area contributed by atoms with Gasteiger partial charge in [0.1, 0.15) is 0 Å². The normalized spacial score (nSPS) is 11.0. The molecule has 3 aromatic rings. The molecular weight excluding hydrogens is 502 g/mol. The highest BCUT2D eigenvalue weighted by molar-refractivity contribution is 9.10. The van der Waals surface area contributed by atoms with Crippen molar-refractivity contribution in [1.82, 2.24) is 5.43 Å². The predicted octanol–water partition coefficient (Wildman–Crippen LogP) is 4.45. The molecule has 0 saturated heterocycles. The topological polar surface area (TPSA) is 131 Å². The first kappa shape index (κ1) is 21.7. The highest BCUT2D eigenvalue weighted by Gasteiger charge is 2.13. The van der Waals surface area contributed by atoms with Crippen LogP contribution in [0.4, 0.5) is 5.69 Å². The lowest BCUT2D eigenvalue weighted by Gasteiger charge is -2.08. The monoisotopic (exact) mass is 511 g/mol. The first-order valence-electron chi connectivity index (χ1n) is 8.09. The molecule has 9 nitrogen and oxygen atoms in total. The molecule has 0 aliphatic rings. The Labute approximate surface area is 186 Å². The van der Waals surface area contributed by atoms with Crippen LogP contribution in [0.5, 0.6) is 5.75 Å². The Morgan fingerprint density at radius 3 is 2.77 bits per heavy atom. The average Bonchev–Trinajstić information content (AvgIpc) is 3.10. The van der Waals surface area contributed by atoms with Gasteiger partial charge in [-0.1, -0.05) is 11.6 Å². The third-order valence-corrected chi connectivity index (χ3v) is 5.66. The van der Waals surface area contributed by atoms with Crippen molar-refractivity contribution >= 4 is 72.7 Å². The van der Waals surface area contributed by atoms with E-state index < -0.39 is 23.4 Å². The van der Waals surface area contributed by atoms with E-state index in [1.807, 2.05) is 0 Å². The highest BCUT2D eigenvalue weighted by atomic mass is 79.9. The Bertz CT molecular complexity index is 1170. The van der Waals surface area contributed by atoms with Crippen molar-refractivity contribution in [3.8, 4) is 5.75 Å². The molecule has 154 valence electrons. The number of nitro groups is 1. The van der Waals surface area contributed by atoms with Crippen LogP contribution >= 0.6 is 38.9 Å². The average molecular weight is 513 g/mol. The summed E-state index contributed by atoms with van der Waals surface area (Å²) in [4.78, 5) is 33.6. The number of carboxylic acids is 1. The summed E-state index contributed by atoms with van der Waals surface area (Å²) >= 11 is 10.5. The van der Waals surface area contributed by atoms with Crippen molar-refractivity contribution in [2.75, 3.05) is 6.61 Å². The van der Waals surface area contributed by atoms with Gasteiger partial charge in [-0.25, -0.2) is 10.2 Å². The molecule has 0 spiro atoms. The number of non-ortho nitro benzene ring substituents is 1. The van der Waals surface area contributed by atoms with Crippen LogP contribution in [-0.2, 0) is 4.79 Å². The largest absolute Gasteiger partial charge is 0.479 e.